The van der Waals surface area contributed by atoms with Crippen LogP contribution in [0, 0.1) is 6.92 Å². The molecule has 0 heterocycles. The van der Waals surface area contributed by atoms with E-state index in [4.69, 9.17) is 4.43 Å². The number of fused-ring (bicyclic) bond motifs is 1. The molecule has 2 heteroatoms. The lowest BCUT2D eigenvalue weighted by Gasteiger charge is -2.26. The van der Waals surface area contributed by atoms with Crippen LogP contribution in [0.2, 0.25) is 0 Å². The number of hydrogen-bond donors (Lipinski definition) is 0. The van der Waals surface area contributed by atoms with E-state index in [1.807, 2.05) is 0 Å². The molecule has 0 amide bonds. The molecule has 1 aliphatic rings. The summed E-state index contributed by atoms with van der Waals surface area (Å²) in [4.78, 5) is 0. The number of benzene rings is 1. The average molecular weight is 188 g/mol. The average Bonchev–Trinajstić information content (AvgIpc) is 2.13. The number of hydrogen-bond acceptors (Lipinski definition) is 1. The summed E-state index contributed by atoms with van der Waals surface area (Å²) in [6, 6.07) is 6.45. The van der Waals surface area contributed by atoms with Gasteiger partial charge in [-0.15, -0.1) is 0 Å². The summed E-state index contributed by atoms with van der Waals surface area (Å²) in [5, 5.41) is 1.39. The van der Waals surface area contributed by atoms with Crippen LogP contribution in [0.5, 0.6) is 0 Å². The van der Waals surface area contributed by atoms with Gasteiger partial charge in [-0.1, -0.05) is 18.2 Å². The predicted molar refractivity (Wildman–Crippen MR) is 56.4 cm³/mol. The molecular formula is C11H12OSi. The van der Waals surface area contributed by atoms with Gasteiger partial charge >= 0.3 is 0 Å². The van der Waals surface area contributed by atoms with Gasteiger partial charge in [0.2, 0.25) is 0 Å². The van der Waals surface area contributed by atoms with Crippen molar-refractivity contribution in [1.82, 2.24) is 0 Å². The second-order valence-corrected chi connectivity index (χ2v) is 4.42. The monoisotopic (exact) mass is 188 g/mol. The number of aryl methyl sites for hydroxylation is 1. The van der Waals surface area contributed by atoms with Crippen molar-refractivity contribution in [3.63, 3.8) is 0 Å². The first-order valence-corrected chi connectivity index (χ1v) is 5.26. The summed E-state index contributed by atoms with van der Waals surface area (Å²) in [5.41, 5.74) is 5.60. The minimum absolute atomic E-state index is 0.499. The maximum atomic E-state index is 5.18. The number of rotatable bonds is 2. The second-order valence-electron chi connectivity index (χ2n) is 3.30. The maximum Gasteiger partial charge on any atom is 0.269 e. The smallest absolute Gasteiger partial charge is 0.269 e. The van der Waals surface area contributed by atoms with E-state index in [1.54, 1.807) is 7.11 Å². The zero-order valence-corrected chi connectivity index (χ0v) is 9.14. The Morgan fingerprint density at radius 3 is 2.69 bits per heavy atom. The van der Waals surface area contributed by atoms with Crippen LogP contribution >= 0.6 is 0 Å². The van der Waals surface area contributed by atoms with E-state index >= 15 is 0 Å². The highest BCUT2D eigenvalue weighted by Crippen LogP contribution is 2.40. The Kier molecular flexibility index (Phi) is 2.10. The van der Waals surface area contributed by atoms with Gasteiger partial charge in [-0.2, -0.15) is 0 Å². The van der Waals surface area contributed by atoms with Crippen molar-refractivity contribution < 1.29 is 4.43 Å². The van der Waals surface area contributed by atoms with E-state index in [0.29, 0.717) is 9.76 Å². The zero-order chi connectivity index (χ0) is 9.42. The molecule has 13 heavy (non-hydrogen) atoms. The van der Waals surface area contributed by atoms with Crippen LogP contribution in [0.4, 0.5) is 0 Å². The molecule has 0 saturated heterocycles. The minimum atomic E-state index is 0.499. The highest BCUT2D eigenvalue weighted by Gasteiger charge is 2.24. The van der Waals surface area contributed by atoms with Crippen LogP contribution in [0.1, 0.15) is 23.6 Å². The summed E-state index contributed by atoms with van der Waals surface area (Å²) in [5.74, 6) is 0. The lowest BCUT2D eigenvalue weighted by Crippen LogP contribution is -2.12. The molecule has 1 aromatic rings. The highest BCUT2D eigenvalue weighted by atomic mass is 28.2. The van der Waals surface area contributed by atoms with Gasteiger partial charge in [-0.25, -0.2) is 0 Å². The fourth-order valence-electron chi connectivity index (χ4n) is 1.87. The largest absolute Gasteiger partial charge is 0.415 e. The molecule has 0 bridgehead atoms. The van der Waals surface area contributed by atoms with E-state index in [0.717, 1.165) is 0 Å². The van der Waals surface area contributed by atoms with Crippen LogP contribution in [0.3, 0.4) is 0 Å². The Hall–Kier alpha value is -0.863. The summed E-state index contributed by atoms with van der Waals surface area (Å²) >= 11 is 0. The third-order valence-electron chi connectivity index (χ3n) is 2.50. The van der Waals surface area contributed by atoms with E-state index in [1.165, 1.54) is 27.5 Å². The lowest BCUT2D eigenvalue weighted by atomic mass is 9.86. The normalized spacial score (nSPS) is 14.1. The molecule has 0 aromatic heterocycles. The molecule has 0 N–H and O–H groups in total. The van der Waals surface area contributed by atoms with Crippen molar-refractivity contribution in [3.8, 4) is 0 Å². The Morgan fingerprint density at radius 2 is 2.00 bits per heavy atom. The van der Waals surface area contributed by atoms with E-state index in [9.17, 15) is 0 Å². The Morgan fingerprint density at radius 1 is 1.23 bits per heavy atom. The van der Waals surface area contributed by atoms with Crippen molar-refractivity contribution >= 4 is 20.5 Å². The molecule has 66 valence electrons. The fraction of sp³-hybridized carbons (Fsp3) is 0.273. The van der Waals surface area contributed by atoms with Crippen molar-refractivity contribution in [2.45, 2.75) is 13.8 Å². The summed E-state index contributed by atoms with van der Waals surface area (Å²) in [6.45, 7) is 4.34. The van der Waals surface area contributed by atoms with Gasteiger partial charge in [0.1, 0.15) is 0 Å². The molecule has 1 aliphatic carbocycles. The first kappa shape index (κ1) is 8.72. The first-order valence-electron chi connectivity index (χ1n) is 4.36. The summed E-state index contributed by atoms with van der Waals surface area (Å²) in [7, 11) is 2.26. The van der Waals surface area contributed by atoms with Crippen LogP contribution in [0.15, 0.2) is 18.2 Å². The molecule has 1 nitrogen and oxygen atoms in total. The van der Waals surface area contributed by atoms with Crippen LogP contribution in [0.25, 0.3) is 10.8 Å². The molecule has 0 saturated carbocycles. The van der Waals surface area contributed by atoms with Crippen LogP contribution < -0.4 is 0 Å². The Bertz CT molecular complexity index is 380. The van der Waals surface area contributed by atoms with Crippen LogP contribution in [-0.4, -0.2) is 16.9 Å². The SMILES string of the molecule is CO[Si]C1=C(C)c2c(C)cccc21. The molecule has 0 aliphatic heterocycles. The van der Waals surface area contributed by atoms with E-state index < -0.39 is 0 Å². The highest BCUT2D eigenvalue weighted by molar-refractivity contribution is 6.61. The van der Waals surface area contributed by atoms with Gasteiger partial charge in [-0.3, -0.25) is 0 Å². The molecule has 2 radical (unpaired) electrons. The van der Waals surface area contributed by atoms with E-state index in [2.05, 4.69) is 32.0 Å². The maximum absolute atomic E-state index is 5.18. The minimum Gasteiger partial charge on any atom is -0.415 e. The molecule has 0 spiro atoms. The first-order chi connectivity index (χ1) is 6.25. The second kappa shape index (κ2) is 3.12. The van der Waals surface area contributed by atoms with Gasteiger partial charge in [0.05, 0.1) is 0 Å². The standard InChI is InChI=1S/C11H12OSi/c1-7-5-4-6-9-10(7)8(2)11(9)13-12-3/h4-6H,1-3H3. The summed E-state index contributed by atoms with van der Waals surface area (Å²) in [6.07, 6.45) is 0. The Labute approximate surface area is 81.4 Å². The molecule has 0 unspecified atom stereocenters. The molecule has 0 atom stereocenters. The Balaban J connectivity index is 2.43. The molecule has 1 aromatic carbocycles. The number of allylic oxidation sites excluding steroid dienone is 1. The third kappa shape index (κ3) is 1.17. The van der Waals surface area contributed by atoms with Gasteiger partial charge < -0.3 is 4.43 Å². The summed E-state index contributed by atoms with van der Waals surface area (Å²) < 4.78 is 5.18. The fourth-order valence-corrected chi connectivity index (χ4v) is 2.67. The zero-order valence-electron chi connectivity index (χ0n) is 8.14. The topological polar surface area (TPSA) is 9.23 Å². The van der Waals surface area contributed by atoms with Gasteiger partial charge in [-0.05, 0) is 41.3 Å². The molecule has 0 fully saturated rings. The molecular weight excluding hydrogens is 176 g/mol. The van der Waals surface area contributed by atoms with Crippen LogP contribution in [-0.2, 0) is 4.43 Å². The van der Waals surface area contributed by atoms with Crippen molar-refractivity contribution in [1.29, 1.82) is 0 Å². The predicted octanol–water partition coefficient (Wildman–Crippen LogP) is 2.46. The van der Waals surface area contributed by atoms with Gasteiger partial charge in [0.25, 0.3) is 9.76 Å². The lowest BCUT2D eigenvalue weighted by molar-refractivity contribution is 0.451. The quantitative estimate of drug-likeness (QED) is 0.648. The van der Waals surface area contributed by atoms with E-state index in [-0.39, 0.29) is 0 Å². The van der Waals surface area contributed by atoms with Gasteiger partial charge in [0.15, 0.2) is 0 Å². The third-order valence-corrected chi connectivity index (χ3v) is 3.55. The van der Waals surface area contributed by atoms with Crippen molar-refractivity contribution in [2.75, 3.05) is 7.11 Å². The van der Waals surface area contributed by atoms with Crippen molar-refractivity contribution in [2.24, 2.45) is 0 Å². The van der Waals surface area contributed by atoms with Crippen molar-refractivity contribution in [3.05, 3.63) is 34.9 Å². The van der Waals surface area contributed by atoms with Gasteiger partial charge in [0, 0.05) is 7.11 Å². The molecule has 2 rings (SSSR count).